The number of nitrogens with one attached hydrogen (secondary N) is 3. The van der Waals surface area contributed by atoms with Crippen LogP contribution in [0, 0.1) is 10.1 Å². The van der Waals surface area contributed by atoms with E-state index in [1.165, 1.54) is 0 Å². The molecule has 0 aromatic carbocycles. The highest BCUT2D eigenvalue weighted by Crippen LogP contribution is 2.03. The fourth-order valence-electron chi connectivity index (χ4n) is 1.17. The molecule has 3 N–H and O–H groups in total. The molecular weight excluding hydrogens is 226 g/mol. The van der Waals surface area contributed by atoms with Gasteiger partial charge in [-0.25, -0.2) is 15.1 Å². The van der Waals surface area contributed by atoms with E-state index in [9.17, 15) is 10.1 Å². The van der Waals surface area contributed by atoms with Crippen LogP contribution in [0.1, 0.15) is 0 Å². The number of aromatic nitrogens is 2. The molecule has 0 spiro atoms. The monoisotopic (exact) mass is 241 g/mol. The average Bonchev–Trinajstić information content (AvgIpc) is 2.80. The van der Waals surface area contributed by atoms with Gasteiger partial charge in [0, 0.05) is 33.4 Å². The maximum Gasteiger partial charge on any atom is 0.268 e. The number of imidazole rings is 1. The molecule has 0 atom stereocenters. The van der Waals surface area contributed by atoms with Crippen molar-refractivity contribution in [2.45, 2.75) is 0 Å². The Bertz CT molecular complexity index is 375. The molecule has 1 heterocycles. The molecule has 0 unspecified atom stereocenters. The summed E-state index contributed by atoms with van der Waals surface area (Å²) in [6, 6.07) is 0. The Hall–Kier alpha value is -2.32. The summed E-state index contributed by atoms with van der Waals surface area (Å²) < 4.78 is 0. The number of H-pyrrole nitrogens is 1. The number of hydrogen-bond acceptors (Lipinski definition) is 4. The van der Waals surface area contributed by atoms with Gasteiger partial charge in [0.1, 0.15) is 10.9 Å². The molecule has 1 aromatic heterocycles. The Balaban J connectivity index is 2.34. The number of nitro groups is 1. The summed E-state index contributed by atoms with van der Waals surface area (Å²) >= 11 is 0. The van der Waals surface area contributed by atoms with Gasteiger partial charge in [0.2, 0.25) is 0 Å². The van der Waals surface area contributed by atoms with E-state index >= 15 is 0 Å². The minimum absolute atomic E-state index is 0.130. The van der Waals surface area contributed by atoms with E-state index in [-0.39, 0.29) is 5.96 Å². The highest BCUT2D eigenvalue weighted by atomic mass is 16.7. The molecule has 17 heavy (non-hydrogen) atoms. The first kappa shape index (κ1) is 12.7. The average molecular weight is 241 g/mol. The lowest BCUT2D eigenvalue weighted by Gasteiger charge is -2.16. The molecular formula is C8H15N7O2. The lowest BCUT2D eigenvalue weighted by atomic mass is 10.5. The fourth-order valence-corrected chi connectivity index (χ4v) is 1.17. The van der Waals surface area contributed by atoms with Gasteiger partial charge in [-0.2, -0.15) is 0 Å². The first-order valence-corrected chi connectivity index (χ1v) is 4.98. The predicted molar refractivity (Wildman–Crippen MR) is 63.3 cm³/mol. The number of hydrogen-bond donors (Lipinski definition) is 3. The van der Waals surface area contributed by atoms with Crippen molar-refractivity contribution in [3.05, 3.63) is 22.6 Å². The van der Waals surface area contributed by atoms with E-state index in [4.69, 9.17) is 0 Å². The largest absolute Gasteiger partial charge is 0.357 e. The van der Waals surface area contributed by atoms with E-state index in [1.54, 1.807) is 19.6 Å². The van der Waals surface area contributed by atoms with E-state index in [1.807, 2.05) is 11.9 Å². The summed E-state index contributed by atoms with van der Waals surface area (Å²) in [6.07, 6.45) is 3.36. The second kappa shape index (κ2) is 6.30. The Kier molecular flexibility index (Phi) is 4.73. The maximum atomic E-state index is 10.2. The highest BCUT2D eigenvalue weighted by molar-refractivity contribution is 5.78. The third kappa shape index (κ3) is 4.36. The van der Waals surface area contributed by atoms with E-state index in [0.29, 0.717) is 13.1 Å². The summed E-state index contributed by atoms with van der Waals surface area (Å²) in [5, 5.41) is 18.0. The SMILES string of the molecule is CN/C(=N\[N+](=O)[O-])NCCN(C)c1c[nH]cn1. The third-order valence-electron chi connectivity index (χ3n) is 2.03. The minimum atomic E-state index is -0.754. The van der Waals surface area contributed by atoms with Crippen LogP contribution in [0.2, 0.25) is 0 Å². The number of likely N-dealkylation sites (N-methyl/N-ethyl adjacent to an activating group) is 1. The second-order valence-electron chi connectivity index (χ2n) is 3.21. The zero-order valence-electron chi connectivity index (χ0n) is 9.67. The van der Waals surface area contributed by atoms with Crippen molar-refractivity contribution < 1.29 is 5.03 Å². The quantitative estimate of drug-likeness (QED) is 0.269. The van der Waals surface area contributed by atoms with Gasteiger partial charge in [0.25, 0.3) is 5.96 Å². The topological polar surface area (TPSA) is 111 Å². The summed E-state index contributed by atoms with van der Waals surface area (Å²) in [4.78, 5) is 19.0. The van der Waals surface area contributed by atoms with Crippen LogP contribution in [0.15, 0.2) is 17.6 Å². The zero-order valence-corrected chi connectivity index (χ0v) is 9.67. The summed E-state index contributed by atoms with van der Waals surface area (Å²) in [7, 11) is 3.44. The Morgan fingerprint density at radius 2 is 2.53 bits per heavy atom. The maximum absolute atomic E-state index is 10.2. The molecule has 0 fully saturated rings. The van der Waals surface area contributed by atoms with Crippen LogP contribution < -0.4 is 15.5 Å². The van der Waals surface area contributed by atoms with Crippen molar-refractivity contribution in [2.75, 3.05) is 32.1 Å². The van der Waals surface area contributed by atoms with Gasteiger partial charge in [-0.15, -0.1) is 0 Å². The molecule has 0 aliphatic carbocycles. The molecule has 0 saturated carbocycles. The molecule has 9 heteroatoms. The van der Waals surface area contributed by atoms with Gasteiger partial charge in [-0.1, -0.05) is 0 Å². The molecule has 94 valence electrons. The standard InChI is InChI=1S/C8H15N7O2/c1-9-8(13-15(16)17)11-3-4-14(2)7-5-10-6-12-7/h5-6H,3-4H2,1-2H3,(H,10,12)(H2,9,11,13). The molecule has 0 aliphatic rings. The normalized spacial score (nSPS) is 11.1. The van der Waals surface area contributed by atoms with Crippen LogP contribution in [0.25, 0.3) is 0 Å². The third-order valence-corrected chi connectivity index (χ3v) is 2.03. The van der Waals surface area contributed by atoms with E-state index in [0.717, 1.165) is 5.82 Å². The van der Waals surface area contributed by atoms with E-state index in [2.05, 4.69) is 25.7 Å². The molecule has 0 radical (unpaired) electrons. The molecule has 1 aromatic rings. The number of nitrogens with zero attached hydrogens (tertiary/aromatic N) is 4. The summed E-state index contributed by atoms with van der Waals surface area (Å²) in [6.45, 7) is 1.15. The van der Waals surface area contributed by atoms with Gasteiger partial charge < -0.3 is 20.5 Å². The molecule has 0 bridgehead atoms. The van der Waals surface area contributed by atoms with Gasteiger partial charge in [-0.3, -0.25) is 0 Å². The Morgan fingerprint density at radius 1 is 1.76 bits per heavy atom. The summed E-state index contributed by atoms with van der Waals surface area (Å²) in [5.74, 6) is 0.939. The van der Waals surface area contributed by atoms with Crippen LogP contribution >= 0.6 is 0 Å². The number of hydrazone groups is 1. The molecule has 9 nitrogen and oxygen atoms in total. The smallest absolute Gasteiger partial charge is 0.268 e. The first-order valence-electron chi connectivity index (χ1n) is 4.98. The van der Waals surface area contributed by atoms with Crippen molar-refractivity contribution in [2.24, 2.45) is 5.10 Å². The number of guanidine groups is 1. The van der Waals surface area contributed by atoms with Gasteiger partial charge in [-0.05, 0) is 0 Å². The number of anilines is 1. The van der Waals surface area contributed by atoms with Crippen molar-refractivity contribution in [1.82, 2.24) is 20.6 Å². The van der Waals surface area contributed by atoms with Crippen LogP contribution in [0.5, 0.6) is 0 Å². The van der Waals surface area contributed by atoms with Crippen molar-refractivity contribution in [3.63, 3.8) is 0 Å². The molecule has 0 aliphatic heterocycles. The predicted octanol–water partition coefficient (Wildman–Crippen LogP) is -0.797. The minimum Gasteiger partial charge on any atom is -0.357 e. The van der Waals surface area contributed by atoms with E-state index < -0.39 is 5.03 Å². The fraction of sp³-hybridized carbons (Fsp3) is 0.500. The Morgan fingerprint density at radius 3 is 3.06 bits per heavy atom. The first-order chi connectivity index (χ1) is 8.13. The van der Waals surface area contributed by atoms with Crippen molar-refractivity contribution in [3.8, 4) is 0 Å². The van der Waals surface area contributed by atoms with Crippen LogP contribution in [0.3, 0.4) is 0 Å². The highest BCUT2D eigenvalue weighted by Gasteiger charge is 2.04. The second-order valence-corrected chi connectivity index (χ2v) is 3.21. The molecule has 0 saturated heterocycles. The molecule has 1 rings (SSSR count). The number of rotatable bonds is 5. The van der Waals surface area contributed by atoms with Crippen LogP contribution in [0.4, 0.5) is 5.82 Å². The van der Waals surface area contributed by atoms with Crippen molar-refractivity contribution >= 4 is 11.8 Å². The van der Waals surface area contributed by atoms with Crippen molar-refractivity contribution in [1.29, 1.82) is 0 Å². The lowest BCUT2D eigenvalue weighted by Crippen LogP contribution is -2.39. The number of aromatic amines is 1. The van der Waals surface area contributed by atoms with Crippen LogP contribution in [-0.2, 0) is 0 Å². The van der Waals surface area contributed by atoms with Gasteiger partial charge >= 0.3 is 0 Å². The van der Waals surface area contributed by atoms with Gasteiger partial charge in [0.05, 0.1) is 6.33 Å². The molecule has 0 amide bonds. The van der Waals surface area contributed by atoms with Gasteiger partial charge in [0.15, 0.2) is 5.03 Å². The Labute approximate surface area is 98.1 Å². The van der Waals surface area contributed by atoms with Crippen LogP contribution in [-0.4, -0.2) is 48.1 Å². The zero-order chi connectivity index (χ0) is 12.7. The lowest BCUT2D eigenvalue weighted by molar-refractivity contribution is -0.485. The summed E-state index contributed by atoms with van der Waals surface area (Å²) in [5.41, 5.74) is 0.